The molecular formula is C26H42O5. The first-order chi connectivity index (χ1) is 14.8. The van der Waals surface area contributed by atoms with Crippen LogP contribution in [0, 0.1) is 11.8 Å². The van der Waals surface area contributed by atoms with Crippen molar-refractivity contribution < 1.29 is 24.4 Å². The topological polar surface area (TPSA) is 65.0 Å². The van der Waals surface area contributed by atoms with Crippen molar-refractivity contribution in [2.45, 2.75) is 103 Å². The lowest BCUT2D eigenvalue weighted by molar-refractivity contribution is -0.497. The Hall–Kier alpha value is -1.43. The molecular weight excluding hydrogens is 392 g/mol. The number of aryl methyl sites for hydroxylation is 1. The summed E-state index contributed by atoms with van der Waals surface area (Å²) in [6.07, 6.45) is 11.4. The number of ether oxygens (including phenoxy) is 1. The van der Waals surface area contributed by atoms with Crippen LogP contribution in [0.4, 0.5) is 0 Å². The predicted molar refractivity (Wildman–Crippen MR) is 122 cm³/mol. The maximum atomic E-state index is 11.5. The van der Waals surface area contributed by atoms with Gasteiger partial charge in [-0.25, -0.2) is 4.89 Å². The van der Waals surface area contributed by atoms with Gasteiger partial charge in [0.25, 0.3) is 0 Å². The minimum Gasteiger partial charge on any atom is -0.469 e. The summed E-state index contributed by atoms with van der Waals surface area (Å²) in [5, 5.41) is 10.6. The molecule has 0 unspecified atom stereocenters. The zero-order chi connectivity index (χ0) is 22.7. The van der Waals surface area contributed by atoms with E-state index in [2.05, 4.69) is 42.0 Å². The highest BCUT2D eigenvalue weighted by Gasteiger charge is 2.49. The van der Waals surface area contributed by atoms with Crippen molar-refractivity contribution >= 4 is 5.97 Å². The Kier molecular flexibility index (Phi) is 10.5. The van der Waals surface area contributed by atoms with Crippen molar-refractivity contribution in [2.24, 2.45) is 11.8 Å². The van der Waals surface area contributed by atoms with Gasteiger partial charge >= 0.3 is 5.97 Å². The number of carbonyl (C=O) groups is 1. The molecule has 1 aliphatic heterocycles. The molecule has 4 atom stereocenters. The molecule has 176 valence electrons. The van der Waals surface area contributed by atoms with E-state index in [4.69, 9.17) is 9.78 Å². The van der Waals surface area contributed by atoms with Crippen molar-refractivity contribution in [2.75, 3.05) is 7.11 Å². The fraction of sp³-hybridized carbons (Fsp3) is 0.731. The maximum absolute atomic E-state index is 11.5. The van der Waals surface area contributed by atoms with Crippen LogP contribution >= 0.6 is 0 Å². The van der Waals surface area contributed by atoms with Crippen LogP contribution in [-0.2, 0) is 25.7 Å². The van der Waals surface area contributed by atoms with Crippen molar-refractivity contribution in [3.63, 3.8) is 0 Å². The Labute approximate surface area is 188 Å². The molecule has 1 saturated heterocycles. The van der Waals surface area contributed by atoms with E-state index in [1.165, 1.54) is 64.0 Å². The Morgan fingerprint density at radius 2 is 1.77 bits per heavy atom. The first kappa shape index (κ1) is 25.8. The second-order valence-electron chi connectivity index (χ2n) is 9.77. The summed E-state index contributed by atoms with van der Waals surface area (Å²) in [5.41, 5.74) is 0.996. The van der Waals surface area contributed by atoms with Crippen LogP contribution in [0.2, 0.25) is 0 Å². The summed E-state index contributed by atoms with van der Waals surface area (Å²) >= 11 is 0. The molecule has 1 N–H and O–H groups in total. The molecule has 0 saturated carbocycles. The molecule has 5 heteroatoms. The number of esters is 1. The lowest BCUT2D eigenvalue weighted by Crippen LogP contribution is -2.52. The number of carbonyl (C=O) groups excluding carboxylic acids is 1. The monoisotopic (exact) mass is 434 g/mol. The van der Waals surface area contributed by atoms with Crippen molar-refractivity contribution in [3.8, 4) is 0 Å². The third kappa shape index (κ3) is 8.91. The standard InChI is InChI=1S/C26H42O5/c1-21(14-10-7-5-6-8-11-15-23-16-12-9-13-17-23)18-25(3)19-22(2)26(28,31-30-25)20-24(27)29-4/h9,12-13,16-17,21-22,28H,5-8,10-11,14-15,18-20H2,1-4H3/t21-,22-,25+,26+/m1/s1. The van der Waals surface area contributed by atoms with Crippen molar-refractivity contribution in [3.05, 3.63) is 35.9 Å². The van der Waals surface area contributed by atoms with E-state index >= 15 is 0 Å². The van der Waals surface area contributed by atoms with Gasteiger partial charge in [-0.05, 0) is 44.1 Å². The van der Waals surface area contributed by atoms with Crippen LogP contribution in [0.1, 0.15) is 90.5 Å². The number of hydrogen-bond acceptors (Lipinski definition) is 5. The Bertz CT molecular complexity index is 648. The molecule has 0 aromatic heterocycles. The molecule has 5 nitrogen and oxygen atoms in total. The van der Waals surface area contributed by atoms with Crippen LogP contribution in [0.3, 0.4) is 0 Å². The number of methoxy groups -OCH3 is 1. The number of aliphatic hydroxyl groups is 1. The lowest BCUT2D eigenvalue weighted by atomic mass is 9.79. The molecule has 0 aliphatic carbocycles. The van der Waals surface area contributed by atoms with E-state index in [0.717, 1.165) is 6.42 Å². The average Bonchev–Trinajstić information content (AvgIpc) is 2.74. The average molecular weight is 435 g/mol. The minimum atomic E-state index is -1.61. The molecule has 0 bridgehead atoms. The highest BCUT2D eigenvalue weighted by molar-refractivity contribution is 5.70. The first-order valence-corrected chi connectivity index (χ1v) is 12.0. The van der Waals surface area contributed by atoms with Gasteiger partial charge in [0.1, 0.15) is 12.0 Å². The molecule has 1 fully saturated rings. The summed E-state index contributed by atoms with van der Waals surface area (Å²) in [7, 11) is 1.30. The molecule has 31 heavy (non-hydrogen) atoms. The van der Waals surface area contributed by atoms with Gasteiger partial charge < -0.3 is 9.84 Å². The number of rotatable bonds is 13. The zero-order valence-corrected chi connectivity index (χ0v) is 19.9. The van der Waals surface area contributed by atoms with Gasteiger partial charge in [-0.1, -0.05) is 82.7 Å². The fourth-order valence-electron chi connectivity index (χ4n) is 4.71. The summed E-state index contributed by atoms with van der Waals surface area (Å²) < 4.78 is 4.65. The van der Waals surface area contributed by atoms with E-state index in [0.29, 0.717) is 12.3 Å². The summed E-state index contributed by atoms with van der Waals surface area (Å²) in [6.45, 7) is 6.19. The van der Waals surface area contributed by atoms with E-state index in [9.17, 15) is 9.90 Å². The SMILES string of the molecule is COC(=O)C[C@]1(O)OO[C@@](C)(C[C@H](C)CCCCCCCCc2ccccc2)C[C@H]1C. The summed E-state index contributed by atoms with van der Waals surface area (Å²) in [4.78, 5) is 22.5. The zero-order valence-electron chi connectivity index (χ0n) is 19.9. The molecule has 1 aromatic rings. The van der Waals surface area contributed by atoms with Gasteiger partial charge in [0, 0.05) is 5.92 Å². The number of hydrogen-bond donors (Lipinski definition) is 1. The smallest absolute Gasteiger partial charge is 0.311 e. The molecule has 1 aromatic carbocycles. The largest absolute Gasteiger partial charge is 0.469 e. The Morgan fingerprint density at radius 3 is 2.42 bits per heavy atom. The highest BCUT2D eigenvalue weighted by Crippen LogP contribution is 2.41. The Morgan fingerprint density at radius 1 is 1.13 bits per heavy atom. The quantitative estimate of drug-likeness (QED) is 0.235. The van der Waals surface area contributed by atoms with Gasteiger partial charge in [0.2, 0.25) is 5.79 Å². The van der Waals surface area contributed by atoms with E-state index in [1.807, 2.05) is 13.8 Å². The molecule has 0 radical (unpaired) electrons. The van der Waals surface area contributed by atoms with Gasteiger partial charge in [-0.2, -0.15) is 4.89 Å². The van der Waals surface area contributed by atoms with Gasteiger partial charge in [-0.3, -0.25) is 4.79 Å². The molecule has 0 amide bonds. The van der Waals surface area contributed by atoms with Crippen LogP contribution < -0.4 is 0 Å². The minimum absolute atomic E-state index is 0.214. The lowest BCUT2D eigenvalue weighted by Gasteiger charge is -2.45. The van der Waals surface area contributed by atoms with E-state index in [-0.39, 0.29) is 12.3 Å². The maximum Gasteiger partial charge on any atom is 0.311 e. The van der Waals surface area contributed by atoms with Gasteiger partial charge in [0.05, 0.1) is 7.11 Å². The second-order valence-corrected chi connectivity index (χ2v) is 9.77. The van der Waals surface area contributed by atoms with Crippen molar-refractivity contribution in [1.29, 1.82) is 0 Å². The van der Waals surface area contributed by atoms with Crippen LogP contribution in [-0.4, -0.2) is 29.6 Å². The number of unbranched alkanes of at least 4 members (excludes halogenated alkanes) is 5. The third-order valence-electron chi connectivity index (χ3n) is 6.56. The Balaban J connectivity index is 1.57. The summed E-state index contributed by atoms with van der Waals surface area (Å²) in [6, 6.07) is 10.7. The van der Waals surface area contributed by atoms with E-state index in [1.54, 1.807) is 0 Å². The molecule has 2 rings (SSSR count). The predicted octanol–water partition coefficient (Wildman–Crippen LogP) is 5.98. The third-order valence-corrected chi connectivity index (χ3v) is 6.56. The number of benzene rings is 1. The van der Waals surface area contributed by atoms with Gasteiger partial charge in [-0.15, -0.1) is 0 Å². The van der Waals surface area contributed by atoms with Crippen LogP contribution in [0.15, 0.2) is 30.3 Å². The van der Waals surface area contributed by atoms with Gasteiger partial charge in [0.15, 0.2) is 0 Å². The summed E-state index contributed by atoms with van der Waals surface area (Å²) in [5.74, 6) is -1.81. The van der Waals surface area contributed by atoms with Crippen molar-refractivity contribution in [1.82, 2.24) is 0 Å². The first-order valence-electron chi connectivity index (χ1n) is 12.0. The normalized spacial score (nSPS) is 27.1. The molecule has 1 aliphatic rings. The van der Waals surface area contributed by atoms with E-state index < -0.39 is 17.4 Å². The van der Waals surface area contributed by atoms with Crippen LogP contribution in [0.25, 0.3) is 0 Å². The van der Waals surface area contributed by atoms with Crippen LogP contribution in [0.5, 0.6) is 0 Å². The molecule has 0 spiro atoms. The highest BCUT2D eigenvalue weighted by atomic mass is 17.2. The second kappa shape index (κ2) is 12.6. The molecule has 1 heterocycles. The fourth-order valence-corrected chi connectivity index (χ4v) is 4.71.